The molecule has 1 aromatic carbocycles. The van der Waals surface area contributed by atoms with Gasteiger partial charge in [-0.15, -0.1) is 11.3 Å². The van der Waals surface area contributed by atoms with Crippen LogP contribution in [0.3, 0.4) is 0 Å². The zero-order valence-electron chi connectivity index (χ0n) is 9.34. The normalized spacial score (nSPS) is 10.2. The highest BCUT2D eigenvalue weighted by atomic mass is 32.1. The molecule has 0 fully saturated rings. The first-order valence-electron chi connectivity index (χ1n) is 5.19. The highest BCUT2D eigenvalue weighted by Crippen LogP contribution is 2.24. The van der Waals surface area contributed by atoms with Gasteiger partial charge in [0.15, 0.2) is 5.69 Å². The van der Waals surface area contributed by atoms with Crippen molar-refractivity contribution >= 4 is 23.0 Å². The standard InChI is InChI=1S/C12H12N2O2S/c1-2-16-12(15)10-7-17-11(14-10)8-3-5-9(13)6-4-8/h3-7H,2,13H2,1H3. The summed E-state index contributed by atoms with van der Waals surface area (Å²) < 4.78 is 4.88. The van der Waals surface area contributed by atoms with Crippen LogP contribution in [0.25, 0.3) is 10.6 Å². The van der Waals surface area contributed by atoms with Crippen LogP contribution in [0.1, 0.15) is 17.4 Å². The zero-order valence-corrected chi connectivity index (χ0v) is 10.2. The van der Waals surface area contributed by atoms with E-state index in [1.54, 1.807) is 24.4 Å². The van der Waals surface area contributed by atoms with Gasteiger partial charge in [0.2, 0.25) is 0 Å². The van der Waals surface area contributed by atoms with E-state index >= 15 is 0 Å². The number of aromatic nitrogens is 1. The second-order valence-corrected chi connectivity index (χ2v) is 4.24. The van der Waals surface area contributed by atoms with Gasteiger partial charge < -0.3 is 10.5 Å². The summed E-state index contributed by atoms with van der Waals surface area (Å²) in [4.78, 5) is 15.7. The van der Waals surface area contributed by atoms with E-state index in [0.29, 0.717) is 18.0 Å². The lowest BCUT2D eigenvalue weighted by molar-refractivity contribution is 0.0520. The van der Waals surface area contributed by atoms with Crippen LogP contribution in [-0.2, 0) is 4.74 Å². The molecule has 0 amide bonds. The molecule has 0 saturated heterocycles. The van der Waals surface area contributed by atoms with Gasteiger partial charge in [-0.2, -0.15) is 0 Å². The van der Waals surface area contributed by atoms with Crippen LogP contribution in [0.2, 0.25) is 0 Å². The van der Waals surface area contributed by atoms with E-state index in [9.17, 15) is 4.79 Å². The molecular weight excluding hydrogens is 236 g/mol. The summed E-state index contributed by atoms with van der Waals surface area (Å²) in [5.41, 5.74) is 7.61. The fraction of sp³-hybridized carbons (Fsp3) is 0.167. The number of thiazole rings is 1. The van der Waals surface area contributed by atoms with Gasteiger partial charge in [0.1, 0.15) is 5.01 Å². The molecule has 4 nitrogen and oxygen atoms in total. The van der Waals surface area contributed by atoms with Gasteiger partial charge in [0.25, 0.3) is 0 Å². The van der Waals surface area contributed by atoms with Crippen LogP contribution in [0, 0.1) is 0 Å². The minimum atomic E-state index is -0.384. The van der Waals surface area contributed by atoms with E-state index in [4.69, 9.17) is 10.5 Å². The number of carbonyl (C=O) groups is 1. The third-order valence-corrected chi connectivity index (χ3v) is 3.04. The Morgan fingerprint density at radius 3 is 2.76 bits per heavy atom. The van der Waals surface area contributed by atoms with Crippen LogP contribution in [0.15, 0.2) is 29.6 Å². The molecule has 17 heavy (non-hydrogen) atoms. The zero-order chi connectivity index (χ0) is 12.3. The summed E-state index contributed by atoms with van der Waals surface area (Å²) in [5.74, 6) is -0.384. The number of nitrogen functional groups attached to an aromatic ring is 1. The highest BCUT2D eigenvalue weighted by molar-refractivity contribution is 7.13. The predicted octanol–water partition coefficient (Wildman–Crippen LogP) is 2.57. The van der Waals surface area contributed by atoms with E-state index in [0.717, 1.165) is 10.6 Å². The molecule has 0 spiro atoms. The number of anilines is 1. The summed E-state index contributed by atoms with van der Waals surface area (Å²) in [7, 11) is 0. The highest BCUT2D eigenvalue weighted by Gasteiger charge is 2.12. The molecule has 5 heteroatoms. The number of nitrogens with two attached hydrogens (primary N) is 1. The molecular formula is C12H12N2O2S. The molecule has 0 radical (unpaired) electrons. The second-order valence-electron chi connectivity index (χ2n) is 3.38. The van der Waals surface area contributed by atoms with E-state index in [1.165, 1.54) is 11.3 Å². The molecule has 0 aliphatic heterocycles. The van der Waals surface area contributed by atoms with Crippen molar-refractivity contribution < 1.29 is 9.53 Å². The Bertz CT molecular complexity index is 520. The van der Waals surface area contributed by atoms with Crippen molar-refractivity contribution in [2.45, 2.75) is 6.92 Å². The van der Waals surface area contributed by atoms with Crippen molar-refractivity contribution in [1.29, 1.82) is 0 Å². The van der Waals surface area contributed by atoms with E-state index in [2.05, 4.69) is 4.98 Å². The first-order chi connectivity index (χ1) is 8.20. The number of nitrogens with zero attached hydrogens (tertiary/aromatic N) is 1. The molecule has 1 aromatic heterocycles. The number of carbonyl (C=O) groups excluding carboxylic acids is 1. The van der Waals surface area contributed by atoms with E-state index in [1.807, 2.05) is 12.1 Å². The number of hydrogen-bond donors (Lipinski definition) is 1. The average Bonchev–Trinajstić information content (AvgIpc) is 2.80. The van der Waals surface area contributed by atoms with Crippen LogP contribution < -0.4 is 5.73 Å². The number of benzene rings is 1. The molecule has 0 aliphatic rings. The summed E-state index contributed by atoms with van der Waals surface area (Å²) in [5, 5.41) is 2.48. The maximum atomic E-state index is 11.4. The van der Waals surface area contributed by atoms with Crippen molar-refractivity contribution in [3.63, 3.8) is 0 Å². The minimum absolute atomic E-state index is 0.351. The van der Waals surface area contributed by atoms with E-state index in [-0.39, 0.29) is 5.97 Å². The third-order valence-electron chi connectivity index (χ3n) is 2.15. The Morgan fingerprint density at radius 2 is 2.12 bits per heavy atom. The van der Waals surface area contributed by atoms with E-state index < -0.39 is 0 Å². The maximum Gasteiger partial charge on any atom is 0.357 e. The van der Waals surface area contributed by atoms with Crippen LogP contribution >= 0.6 is 11.3 Å². The Labute approximate surface area is 103 Å². The van der Waals surface area contributed by atoms with Gasteiger partial charge in [-0.05, 0) is 31.2 Å². The molecule has 0 saturated carbocycles. The Hall–Kier alpha value is -1.88. The van der Waals surface area contributed by atoms with Gasteiger partial charge in [0.05, 0.1) is 6.61 Å². The van der Waals surface area contributed by atoms with Crippen molar-refractivity contribution in [1.82, 2.24) is 4.98 Å². The summed E-state index contributed by atoms with van der Waals surface area (Å²) >= 11 is 1.41. The molecule has 88 valence electrons. The molecule has 0 bridgehead atoms. The smallest absolute Gasteiger partial charge is 0.357 e. The third kappa shape index (κ3) is 2.62. The quantitative estimate of drug-likeness (QED) is 0.669. The van der Waals surface area contributed by atoms with Gasteiger partial charge in [-0.1, -0.05) is 0 Å². The van der Waals surface area contributed by atoms with Crippen molar-refractivity contribution in [2.75, 3.05) is 12.3 Å². The maximum absolute atomic E-state index is 11.4. The lowest BCUT2D eigenvalue weighted by atomic mass is 10.2. The van der Waals surface area contributed by atoms with Crippen LogP contribution in [-0.4, -0.2) is 17.6 Å². The van der Waals surface area contributed by atoms with Gasteiger partial charge in [0, 0.05) is 16.6 Å². The largest absolute Gasteiger partial charge is 0.461 e. The average molecular weight is 248 g/mol. The first kappa shape index (κ1) is 11.6. The first-order valence-corrected chi connectivity index (χ1v) is 6.07. The Morgan fingerprint density at radius 1 is 1.41 bits per heavy atom. The summed E-state index contributed by atoms with van der Waals surface area (Å²) in [6.45, 7) is 2.12. The number of rotatable bonds is 3. The van der Waals surface area contributed by atoms with Gasteiger partial charge in [-0.25, -0.2) is 9.78 Å². The lowest BCUT2D eigenvalue weighted by Crippen LogP contribution is -2.04. The Balaban J connectivity index is 2.23. The molecule has 2 aromatic rings. The van der Waals surface area contributed by atoms with Crippen molar-refractivity contribution in [3.05, 3.63) is 35.3 Å². The topological polar surface area (TPSA) is 65.2 Å². The molecule has 0 aliphatic carbocycles. The fourth-order valence-electron chi connectivity index (χ4n) is 1.33. The molecule has 1 heterocycles. The minimum Gasteiger partial charge on any atom is -0.461 e. The monoisotopic (exact) mass is 248 g/mol. The fourth-order valence-corrected chi connectivity index (χ4v) is 2.13. The number of esters is 1. The predicted molar refractivity (Wildman–Crippen MR) is 67.9 cm³/mol. The summed E-state index contributed by atoms with van der Waals surface area (Å²) in [6.07, 6.45) is 0. The molecule has 2 N–H and O–H groups in total. The van der Waals surface area contributed by atoms with Crippen LogP contribution in [0.5, 0.6) is 0 Å². The second kappa shape index (κ2) is 4.97. The van der Waals surface area contributed by atoms with Crippen molar-refractivity contribution in [2.24, 2.45) is 0 Å². The van der Waals surface area contributed by atoms with Gasteiger partial charge in [-0.3, -0.25) is 0 Å². The van der Waals surface area contributed by atoms with Gasteiger partial charge >= 0.3 is 5.97 Å². The number of hydrogen-bond acceptors (Lipinski definition) is 5. The molecule has 0 unspecified atom stereocenters. The van der Waals surface area contributed by atoms with Crippen LogP contribution in [0.4, 0.5) is 5.69 Å². The molecule has 2 rings (SSSR count). The number of ether oxygens (including phenoxy) is 1. The molecule has 0 atom stereocenters. The van der Waals surface area contributed by atoms with Crippen molar-refractivity contribution in [3.8, 4) is 10.6 Å². The lowest BCUT2D eigenvalue weighted by Gasteiger charge is -1.97. The Kier molecular flexibility index (Phi) is 3.39. The summed E-state index contributed by atoms with van der Waals surface area (Å²) in [6, 6.07) is 7.37. The SMILES string of the molecule is CCOC(=O)c1csc(-c2ccc(N)cc2)n1.